The Morgan fingerprint density at radius 2 is 1.64 bits per heavy atom. The molecule has 1 N–H and O–H groups in total. The van der Waals surface area contributed by atoms with Crippen LogP contribution in [-0.4, -0.2) is 24.0 Å². The predicted octanol–water partition coefficient (Wildman–Crippen LogP) is 5.17. The molecule has 2 aromatic carbocycles. The molecule has 0 spiro atoms. The van der Waals surface area contributed by atoms with Gasteiger partial charge in [-0.2, -0.15) is 0 Å². The van der Waals surface area contributed by atoms with Gasteiger partial charge in [0.25, 0.3) is 5.91 Å². The van der Waals surface area contributed by atoms with Crippen LogP contribution in [0.2, 0.25) is 0 Å². The number of carbonyl (C=O) groups excluding carboxylic acids is 2. The molecular formula is C22H19BrN2O3. The normalized spacial score (nSPS) is 10.4. The summed E-state index contributed by atoms with van der Waals surface area (Å²) >= 11 is 3.57. The van der Waals surface area contributed by atoms with Gasteiger partial charge >= 0.3 is 5.97 Å². The molecule has 6 heteroatoms. The summed E-state index contributed by atoms with van der Waals surface area (Å²) in [6.45, 7) is 4.02. The van der Waals surface area contributed by atoms with Crippen LogP contribution in [0.3, 0.4) is 0 Å². The fourth-order valence-electron chi connectivity index (χ4n) is 2.92. The van der Waals surface area contributed by atoms with Crippen LogP contribution in [0.4, 0.5) is 5.69 Å². The Morgan fingerprint density at radius 3 is 2.29 bits per heavy atom. The lowest BCUT2D eigenvalue weighted by molar-refractivity contribution is 0.0600. The third kappa shape index (κ3) is 3.97. The Bertz CT molecular complexity index is 1050. The van der Waals surface area contributed by atoms with E-state index in [1.54, 1.807) is 0 Å². The highest BCUT2D eigenvalue weighted by atomic mass is 79.9. The molecule has 1 amide bonds. The number of rotatable bonds is 4. The van der Waals surface area contributed by atoms with Crippen LogP contribution in [0.15, 0.2) is 59.2 Å². The molecule has 0 fully saturated rings. The molecule has 5 nitrogen and oxygen atoms in total. The van der Waals surface area contributed by atoms with Gasteiger partial charge in [-0.05, 0) is 60.4 Å². The largest absolute Gasteiger partial charge is 0.465 e. The van der Waals surface area contributed by atoms with Crippen molar-refractivity contribution >= 4 is 33.5 Å². The summed E-state index contributed by atoms with van der Waals surface area (Å²) < 4.78 is 5.67. The quantitative estimate of drug-likeness (QED) is 0.570. The summed E-state index contributed by atoms with van der Waals surface area (Å²) in [4.78, 5) is 28.1. The van der Waals surface area contributed by atoms with Crippen molar-refractivity contribution in [3.63, 3.8) is 0 Å². The van der Waals surface area contributed by atoms with Crippen LogP contribution in [0.25, 0.3) is 11.1 Å². The molecule has 1 aromatic heterocycles. The second-order valence-electron chi connectivity index (χ2n) is 6.27. The molecule has 0 aliphatic heterocycles. The number of carbonyl (C=O) groups is 2. The molecule has 0 radical (unpaired) electrons. The second-order valence-corrected chi connectivity index (χ2v) is 7.12. The first-order valence-corrected chi connectivity index (χ1v) is 9.42. The zero-order chi connectivity index (χ0) is 20.3. The summed E-state index contributed by atoms with van der Waals surface area (Å²) in [5.74, 6) is -0.838. The molecule has 0 unspecified atom stereocenters. The highest BCUT2D eigenvalue weighted by Crippen LogP contribution is 2.33. The standard InChI is InChI=1S/C22H19BrN2O3/c1-13-16(6-4-8-18(13)23)17-7-5-9-19(14(17)2)25-21(26)20-11-10-15(12-24-20)22(27)28-3/h4-12H,1-3H3,(H,25,26). The molecule has 3 rings (SSSR count). The maximum atomic E-state index is 12.6. The van der Waals surface area contributed by atoms with Crippen LogP contribution < -0.4 is 5.32 Å². The maximum Gasteiger partial charge on any atom is 0.339 e. The van der Waals surface area contributed by atoms with E-state index in [4.69, 9.17) is 0 Å². The molecular weight excluding hydrogens is 420 g/mol. The fourth-order valence-corrected chi connectivity index (χ4v) is 3.28. The number of nitrogens with one attached hydrogen (secondary N) is 1. The van der Waals surface area contributed by atoms with Gasteiger partial charge in [-0.1, -0.05) is 40.2 Å². The number of amides is 1. The predicted molar refractivity (Wildman–Crippen MR) is 113 cm³/mol. The fraction of sp³-hybridized carbons (Fsp3) is 0.136. The number of halogens is 1. The van der Waals surface area contributed by atoms with Crippen LogP contribution in [-0.2, 0) is 4.74 Å². The molecule has 142 valence electrons. The van der Waals surface area contributed by atoms with Crippen molar-refractivity contribution in [1.29, 1.82) is 0 Å². The van der Waals surface area contributed by atoms with Crippen LogP contribution >= 0.6 is 15.9 Å². The van der Waals surface area contributed by atoms with Crippen LogP contribution in [0.1, 0.15) is 32.0 Å². The first kappa shape index (κ1) is 19.8. The zero-order valence-corrected chi connectivity index (χ0v) is 17.3. The monoisotopic (exact) mass is 438 g/mol. The van der Waals surface area contributed by atoms with Gasteiger partial charge in [0, 0.05) is 16.4 Å². The van der Waals surface area contributed by atoms with E-state index in [0.29, 0.717) is 11.3 Å². The molecule has 1 heterocycles. The number of ether oxygens (including phenoxy) is 1. The number of aromatic nitrogens is 1. The van der Waals surface area contributed by atoms with Gasteiger partial charge in [-0.3, -0.25) is 9.78 Å². The van der Waals surface area contributed by atoms with Crippen LogP contribution in [0, 0.1) is 13.8 Å². The Kier molecular flexibility index (Phi) is 5.90. The van der Waals surface area contributed by atoms with Crippen LogP contribution in [0.5, 0.6) is 0 Å². The number of anilines is 1. The van der Waals surface area contributed by atoms with Crippen molar-refractivity contribution in [2.24, 2.45) is 0 Å². The maximum absolute atomic E-state index is 12.6. The number of nitrogens with zero attached hydrogens (tertiary/aromatic N) is 1. The van der Waals surface area contributed by atoms with E-state index in [9.17, 15) is 9.59 Å². The molecule has 28 heavy (non-hydrogen) atoms. The molecule has 0 atom stereocenters. The summed E-state index contributed by atoms with van der Waals surface area (Å²) in [7, 11) is 1.30. The first-order chi connectivity index (χ1) is 13.4. The molecule has 0 aliphatic carbocycles. The average Bonchev–Trinajstić information content (AvgIpc) is 2.71. The lowest BCUT2D eigenvalue weighted by Gasteiger charge is -2.15. The van der Waals surface area contributed by atoms with E-state index in [1.807, 2.05) is 37.3 Å². The van der Waals surface area contributed by atoms with Crippen molar-refractivity contribution in [3.05, 3.63) is 81.6 Å². The minimum absolute atomic E-state index is 0.219. The first-order valence-electron chi connectivity index (χ1n) is 8.63. The molecule has 0 aliphatic rings. The Labute approximate surface area is 171 Å². The van der Waals surface area contributed by atoms with Gasteiger partial charge in [0.1, 0.15) is 5.69 Å². The number of esters is 1. The van der Waals surface area contributed by atoms with Gasteiger partial charge in [0.05, 0.1) is 12.7 Å². The second kappa shape index (κ2) is 8.35. The number of hydrogen-bond acceptors (Lipinski definition) is 4. The van der Waals surface area contributed by atoms with E-state index in [-0.39, 0.29) is 11.6 Å². The molecule has 0 saturated heterocycles. The highest BCUT2D eigenvalue weighted by molar-refractivity contribution is 9.10. The third-order valence-corrected chi connectivity index (χ3v) is 5.42. The minimum atomic E-state index is -0.493. The number of benzene rings is 2. The van der Waals surface area contributed by atoms with Gasteiger partial charge in [-0.15, -0.1) is 0 Å². The topological polar surface area (TPSA) is 68.3 Å². The van der Waals surface area contributed by atoms with Crippen molar-refractivity contribution in [2.75, 3.05) is 12.4 Å². The summed E-state index contributed by atoms with van der Waals surface area (Å²) in [6.07, 6.45) is 1.33. The van der Waals surface area contributed by atoms with Gasteiger partial charge in [0.2, 0.25) is 0 Å². The summed E-state index contributed by atoms with van der Waals surface area (Å²) in [6, 6.07) is 14.9. The van der Waals surface area contributed by atoms with Crippen molar-refractivity contribution in [1.82, 2.24) is 4.98 Å². The minimum Gasteiger partial charge on any atom is -0.465 e. The Morgan fingerprint density at radius 1 is 0.964 bits per heavy atom. The Hall–Kier alpha value is -2.99. The lowest BCUT2D eigenvalue weighted by Crippen LogP contribution is -2.15. The van der Waals surface area contributed by atoms with E-state index < -0.39 is 5.97 Å². The number of methoxy groups -OCH3 is 1. The van der Waals surface area contributed by atoms with Gasteiger partial charge in [0.15, 0.2) is 0 Å². The highest BCUT2D eigenvalue weighted by Gasteiger charge is 2.14. The average molecular weight is 439 g/mol. The SMILES string of the molecule is COC(=O)c1ccc(C(=O)Nc2cccc(-c3cccc(Br)c3C)c2C)nc1. The molecule has 3 aromatic rings. The van der Waals surface area contributed by atoms with Crippen molar-refractivity contribution in [3.8, 4) is 11.1 Å². The smallest absolute Gasteiger partial charge is 0.339 e. The number of pyridine rings is 1. The molecule has 0 saturated carbocycles. The zero-order valence-electron chi connectivity index (χ0n) is 15.7. The summed E-state index contributed by atoms with van der Waals surface area (Å²) in [5.41, 5.74) is 5.46. The van der Waals surface area contributed by atoms with E-state index in [1.165, 1.54) is 25.4 Å². The summed E-state index contributed by atoms with van der Waals surface area (Å²) in [5, 5.41) is 2.90. The van der Waals surface area contributed by atoms with E-state index in [0.717, 1.165) is 26.7 Å². The van der Waals surface area contributed by atoms with Crippen molar-refractivity contribution in [2.45, 2.75) is 13.8 Å². The van der Waals surface area contributed by atoms with E-state index >= 15 is 0 Å². The van der Waals surface area contributed by atoms with Gasteiger partial charge < -0.3 is 10.1 Å². The molecule has 0 bridgehead atoms. The van der Waals surface area contributed by atoms with Crippen molar-refractivity contribution < 1.29 is 14.3 Å². The Balaban J connectivity index is 1.88. The lowest BCUT2D eigenvalue weighted by atomic mass is 9.95. The number of hydrogen-bond donors (Lipinski definition) is 1. The van der Waals surface area contributed by atoms with Gasteiger partial charge in [-0.25, -0.2) is 4.79 Å². The van der Waals surface area contributed by atoms with E-state index in [2.05, 4.69) is 44.0 Å². The third-order valence-electron chi connectivity index (χ3n) is 4.56.